The van der Waals surface area contributed by atoms with E-state index >= 15 is 0 Å². The molecule has 0 radical (unpaired) electrons. The highest BCUT2D eigenvalue weighted by Gasteiger charge is 2.30. The molecule has 0 bridgehead atoms. The Bertz CT molecular complexity index is 752. The van der Waals surface area contributed by atoms with Crippen LogP contribution in [-0.2, 0) is 11.0 Å². The topological polar surface area (TPSA) is 29.1 Å². The second-order valence-corrected chi connectivity index (χ2v) is 4.57. The third kappa shape index (κ3) is 4.64. The number of nitrogens with one attached hydrogen (secondary N) is 1. The molecule has 1 N–H and O–H groups in total. The lowest BCUT2D eigenvalue weighted by Crippen LogP contribution is -2.09. The lowest BCUT2D eigenvalue weighted by Gasteiger charge is -2.06. The van der Waals surface area contributed by atoms with Gasteiger partial charge in [-0.2, -0.15) is 13.2 Å². The molecule has 120 valence electrons. The maximum absolute atomic E-state index is 13.3. The molecular formula is C16H10F5NO. The largest absolute Gasteiger partial charge is 0.416 e. The summed E-state index contributed by atoms with van der Waals surface area (Å²) in [6.45, 7) is 0. The fourth-order valence-electron chi connectivity index (χ4n) is 1.76. The van der Waals surface area contributed by atoms with Gasteiger partial charge < -0.3 is 5.32 Å². The second-order valence-electron chi connectivity index (χ2n) is 4.57. The van der Waals surface area contributed by atoms with Gasteiger partial charge in [0.15, 0.2) is 0 Å². The molecule has 0 atom stereocenters. The Balaban J connectivity index is 2.11. The normalized spacial score (nSPS) is 11.7. The first-order valence-electron chi connectivity index (χ1n) is 6.37. The van der Waals surface area contributed by atoms with Gasteiger partial charge in [-0.3, -0.25) is 4.79 Å². The van der Waals surface area contributed by atoms with Crippen LogP contribution in [0.25, 0.3) is 6.08 Å². The van der Waals surface area contributed by atoms with Gasteiger partial charge in [-0.1, -0.05) is 12.1 Å². The van der Waals surface area contributed by atoms with E-state index in [1.54, 1.807) is 0 Å². The summed E-state index contributed by atoms with van der Waals surface area (Å²) in [7, 11) is 0. The molecular weight excluding hydrogens is 317 g/mol. The Labute approximate surface area is 128 Å². The number of alkyl halides is 3. The van der Waals surface area contributed by atoms with Crippen molar-refractivity contribution >= 4 is 17.7 Å². The van der Waals surface area contributed by atoms with Crippen LogP contribution in [0.2, 0.25) is 0 Å². The van der Waals surface area contributed by atoms with Gasteiger partial charge in [0.25, 0.3) is 0 Å². The van der Waals surface area contributed by atoms with Crippen molar-refractivity contribution in [3.05, 3.63) is 71.3 Å². The van der Waals surface area contributed by atoms with Crippen LogP contribution in [0.1, 0.15) is 11.1 Å². The van der Waals surface area contributed by atoms with Crippen LogP contribution in [0.5, 0.6) is 0 Å². The molecule has 0 saturated carbocycles. The van der Waals surface area contributed by atoms with Crippen molar-refractivity contribution in [2.45, 2.75) is 6.18 Å². The van der Waals surface area contributed by atoms with Crippen molar-refractivity contribution in [3.8, 4) is 0 Å². The Morgan fingerprint density at radius 3 is 2.48 bits per heavy atom. The molecule has 0 unspecified atom stereocenters. The van der Waals surface area contributed by atoms with Crippen molar-refractivity contribution in [2.24, 2.45) is 0 Å². The minimum atomic E-state index is -4.49. The maximum atomic E-state index is 13.3. The number of hydrogen-bond acceptors (Lipinski definition) is 1. The number of rotatable bonds is 3. The monoisotopic (exact) mass is 327 g/mol. The molecule has 2 aromatic rings. The van der Waals surface area contributed by atoms with E-state index in [1.165, 1.54) is 12.1 Å². The zero-order chi connectivity index (χ0) is 17.0. The Hall–Kier alpha value is -2.70. The first-order valence-corrected chi connectivity index (χ1v) is 6.37. The van der Waals surface area contributed by atoms with Crippen molar-refractivity contribution in [1.29, 1.82) is 0 Å². The lowest BCUT2D eigenvalue weighted by molar-refractivity contribution is -0.137. The number of anilines is 1. The van der Waals surface area contributed by atoms with Gasteiger partial charge in [-0.15, -0.1) is 0 Å². The second kappa shape index (κ2) is 6.60. The molecule has 0 spiro atoms. The van der Waals surface area contributed by atoms with Gasteiger partial charge in [-0.05, 0) is 35.9 Å². The minimum Gasteiger partial charge on any atom is -0.320 e. The first kappa shape index (κ1) is 16.7. The van der Waals surface area contributed by atoms with Gasteiger partial charge in [0.1, 0.15) is 11.6 Å². The van der Waals surface area contributed by atoms with E-state index < -0.39 is 29.3 Å². The maximum Gasteiger partial charge on any atom is 0.416 e. The van der Waals surface area contributed by atoms with E-state index in [4.69, 9.17) is 0 Å². The van der Waals surface area contributed by atoms with Crippen molar-refractivity contribution < 1.29 is 26.7 Å². The van der Waals surface area contributed by atoms with Crippen molar-refractivity contribution in [1.82, 2.24) is 0 Å². The molecule has 23 heavy (non-hydrogen) atoms. The van der Waals surface area contributed by atoms with Crippen LogP contribution in [0.15, 0.2) is 48.5 Å². The van der Waals surface area contributed by atoms with Crippen LogP contribution < -0.4 is 5.32 Å². The molecule has 0 aromatic heterocycles. The van der Waals surface area contributed by atoms with Crippen molar-refractivity contribution in [2.75, 3.05) is 5.32 Å². The molecule has 0 fully saturated rings. The zero-order valence-electron chi connectivity index (χ0n) is 11.5. The predicted octanol–water partition coefficient (Wildman–Crippen LogP) is 4.64. The highest BCUT2D eigenvalue weighted by atomic mass is 19.4. The number of halogens is 5. The highest BCUT2D eigenvalue weighted by molar-refractivity contribution is 6.02. The summed E-state index contributed by atoms with van der Waals surface area (Å²) in [5, 5.41) is 2.10. The molecule has 2 nitrogen and oxygen atoms in total. The summed E-state index contributed by atoms with van der Waals surface area (Å²) in [5.41, 5.74) is -1.06. The Kier molecular flexibility index (Phi) is 4.78. The first-order chi connectivity index (χ1) is 10.8. The fourth-order valence-corrected chi connectivity index (χ4v) is 1.76. The molecule has 0 aliphatic rings. The molecule has 2 rings (SSSR count). The van der Waals surface area contributed by atoms with E-state index in [-0.39, 0.29) is 11.3 Å². The zero-order valence-corrected chi connectivity index (χ0v) is 11.5. The Morgan fingerprint density at radius 2 is 1.78 bits per heavy atom. The molecule has 0 saturated heterocycles. The third-order valence-corrected chi connectivity index (χ3v) is 2.83. The van der Waals surface area contributed by atoms with Crippen LogP contribution in [-0.4, -0.2) is 5.91 Å². The quantitative estimate of drug-likeness (QED) is 0.646. The predicted molar refractivity (Wildman–Crippen MR) is 75.5 cm³/mol. The van der Waals surface area contributed by atoms with Gasteiger partial charge >= 0.3 is 6.18 Å². The SMILES string of the molecule is O=C(/C=C/c1cccc(C(F)(F)F)c1)Nc1cc(F)ccc1F. The molecule has 7 heteroatoms. The summed E-state index contributed by atoms with van der Waals surface area (Å²) < 4.78 is 64.0. The average molecular weight is 327 g/mol. The number of amides is 1. The van der Waals surface area contributed by atoms with E-state index in [2.05, 4.69) is 5.32 Å². The van der Waals surface area contributed by atoms with E-state index in [0.29, 0.717) is 0 Å². The summed E-state index contributed by atoms with van der Waals surface area (Å²) in [4.78, 5) is 11.6. The van der Waals surface area contributed by atoms with Crippen LogP contribution in [0.3, 0.4) is 0 Å². The molecule has 0 aliphatic heterocycles. The van der Waals surface area contributed by atoms with Gasteiger partial charge in [0, 0.05) is 12.1 Å². The van der Waals surface area contributed by atoms with Gasteiger partial charge in [0.2, 0.25) is 5.91 Å². The van der Waals surface area contributed by atoms with Crippen molar-refractivity contribution in [3.63, 3.8) is 0 Å². The highest BCUT2D eigenvalue weighted by Crippen LogP contribution is 2.29. The molecule has 2 aromatic carbocycles. The van der Waals surface area contributed by atoms with Crippen LogP contribution in [0.4, 0.5) is 27.6 Å². The smallest absolute Gasteiger partial charge is 0.320 e. The molecule has 1 amide bonds. The third-order valence-electron chi connectivity index (χ3n) is 2.83. The fraction of sp³-hybridized carbons (Fsp3) is 0.0625. The Morgan fingerprint density at radius 1 is 1.04 bits per heavy atom. The number of carbonyl (C=O) groups excluding carboxylic acids is 1. The van der Waals surface area contributed by atoms with E-state index in [1.807, 2.05) is 0 Å². The molecule has 0 aliphatic carbocycles. The number of carbonyl (C=O) groups is 1. The lowest BCUT2D eigenvalue weighted by atomic mass is 10.1. The number of benzene rings is 2. The van der Waals surface area contributed by atoms with Gasteiger partial charge in [-0.25, -0.2) is 8.78 Å². The van der Waals surface area contributed by atoms with Crippen LogP contribution >= 0.6 is 0 Å². The van der Waals surface area contributed by atoms with E-state index in [9.17, 15) is 26.7 Å². The number of hydrogen-bond donors (Lipinski definition) is 1. The summed E-state index contributed by atoms with van der Waals surface area (Å²) in [6.07, 6.45) is -2.42. The summed E-state index contributed by atoms with van der Waals surface area (Å²) in [5.74, 6) is -2.36. The van der Waals surface area contributed by atoms with Crippen LogP contribution in [0, 0.1) is 11.6 Å². The average Bonchev–Trinajstić information content (AvgIpc) is 2.48. The van der Waals surface area contributed by atoms with E-state index in [0.717, 1.165) is 42.5 Å². The minimum absolute atomic E-state index is 0.148. The molecule has 0 heterocycles. The van der Waals surface area contributed by atoms with Gasteiger partial charge in [0.05, 0.1) is 11.3 Å². The standard InChI is InChI=1S/C16H10F5NO/c17-12-5-6-13(18)14(9-12)22-15(23)7-4-10-2-1-3-11(8-10)16(19,20)21/h1-9H,(H,22,23)/b7-4+. The summed E-state index contributed by atoms with van der Waals surface area (Å²) >= 11 is 0. The summed E-state index contributed by atoms with van der Waals surface area (Å²) in [6, 6.07) is 6.89.